The molecule has 1 amide bonds. The number of amides is 1. The number of ether oxygens (including phenoxy) is 1. The number of nitrogens with zero attached hydrogens (tertiary/aromatic N) is 2. The number of benzene rings is 3. The Balaban J connectivity index is 1.16. The number of aromatic nitrogens is 2. The standard InChI is InChI=1S/C27H21N3O2/c31-27(28-16-8-9-20-17-29-30(18-20)21-10-2-1-3-11-21)32-19-26-24-14-6-4-12-22(24)23-13-5-7-15-25(23)26/h1-7,10-15,17-18,26H,16,19H2,(H,28,31). The summed E-state index contributed by atoms with van der Waals surface area (Å²) in [7, 11) is 0. The van der Waals surface area contributed by atoms with E-state index in [1.54, 1.807) is 10.9 Å². The van der Waals surface area contributed by atoms with E-state index in [1.807, 2.05) is 60.8 Å². The second kappa shape index (κ2) is 8.83. The van der Waals surface area contributed by atoms with Gasteiger partial charge in [-0.3, -0.25) is 0 Å². The Bertz CT molecular complexity index is 1270. The average Bonchev–Trinajstić information content (AvgIpc) is 3.44. The van der Waals surface area contributed by atoms with Crippen LogP contribution in [-0.4, -0.2) is 29.0 Å². The third-order valence-corrected chi connectivity index (χ3v) is 5.50. The van der Waals surface area contributed by atoms with Crippen LogP contribution in [0.1, 0.15) is 22.6 Å². The van der Waals surface area contributed by atoms with Gasteiger partial charge in [0.05, 0.1) is 24.0 Å². The van der Waals surface area contributed by atoms with Crippen molar-refractivity contribution in [3.05, 3.63) is 108 Å². The number of para-hydroxylation sites is 1. The fourth-order valence-electron chi connectivity index (χ4n) is 4.02. The quantitative estimate of drug-likeness (QED) is 0.485. The van der Waals surface area contributed by atoms with Crippen LogP contribution in [-0.2, 0) is 4.74 Å². The number of carbonyl (C=O) groups excluding carboxylic acids is 1. The average molecular weight is 419 g/mol. The largest absolute Gasteiger partial charge is 0.449 e. The topological polar surface area (TPSA) is 56.2 Å². The van der Waals surface area contributed by atoms with Gasteiger partial charge in [-0.25, -0.2) is 9.48 Å². The van der Waals surface area contributed by atoms with Crippen molar-refractivity contribution in [1.82, 2.24) is 15.1 Å². The van der Waals surface area contributed by atoms with Gasteiger partial charge in [0.1, 0.15) is 6.61 Å². The molecule has 5 nitrogen and oxygen atoms in total. The Morgan fingerprint density at radius 2 is 1.59 bits per heavy atom. The summed E-state index contributed by atoms with van der Waals surface area (Å²) >= 11 is 0. The monoisotopic (exact) mass is 419 g/mol. The third kappa shape index (κ3) is 3.99. The summed E-state index contributed by atoms with van der Waals surface area (Å²) in [6.07, 6.45) is 3.09. The molecule has 1 heterocycles. The highest BCUT2D eigenvalue weighted by atomic mass is 16.5. The molecular weight excluding hydrogens is 398 g/mol. The van der Waals surface area contributed by atoms with Crippen molar-refractivity contribution in [2.75, 3.05) is 13.2 Å². The number of alkyl carbamates (subject to hydrolysis) is 1. The Morgan fingerprint density at radius 3 is 2.31 bits per heavy atom. The maximum absolute atomic E-state index is 12.2. The molecule has 1 aliphatic carbocycles. The van der Waals surface area contributed by atoms with Crippen LogP contribution < -0.4 is 5.32 Å². The molecule has 0 unspecified atom stereocenters. The molecule has 0 atom stereocenters. The number of hydrogen-bond acceptors (Lipinski definition) is 3. The van der Waals surface area contributed by atoms with Crippen LogP contribution in [0.15, 0.2) is 91.3 Å². The van der Waals surface area contributed by atoms with E-state index in [-0.39, 0.29) is 19.1 Å². The molecule has 156 valence electrons. The molecule has 32 heavy (non-hydrogen) atoms. The normalized spacial score (nSPS) is 11.8. The van der Waals surface area contributed by atoms with Gasteiger partial charge in [-0.05, 0) is 34.4 Å². The van der Waals surface area contributed by atoms with Crippen LogP contribution in [0.4, 0.5) is 4.79 Å². The van der Waals surface area contributed by atoms with Crippen molar-refractivity contribution >= 4 is 6.09 Å². The zero-order valence-corrected chi connectivity index (χ0v) is 17.4. The van der Waals surface area contributed by atoms with Crippen molar-refractivity contribution in [3.63, 3.8) is 0 Å². The van der Waals surface area contributed by atoms with Crippen LogP contribution in [0.5, 0.6) is 0 Å². The van der Waals surface area contributed by atoms with Gasteiger partial charge < -0.3 is 10.1 Å². The second-order valence-electron chi connectivity index (χ2n) is 7.49. The van der Waals surface area contributed by atoms with Crippen LogP contribution >= 0.6 is 0 Å². The zero-order chi connectivity index (χ0) is 21.8. The van der Waals surface area contributed by atoms with E-state index in [0.29, 0.717) is 0 Å². The number of rotatable bonds is 4. The number of hydrogen-bond donors (Lipinski definition) is 1. The number of fused-ring (bicyclic) bond motifs is 3. The second-order valence-corrected chi connectivity index (χ2v) is 7.49. The van der Waals surface area contributed by atoms with Gasteiger partial charge in [-0.15, -0.1) is 0 Å². The summed E-state index contributed by atoms with van der Waals surface area (Å²) in [4.78, 5) is 12.2. The predicted octanol–water partition coefficient (Wildman–Crippen LogP) is 4.76. The van der Waals surface area contributed by atoms with Gasteiger partial charge in [0.25, 0.3) is 0 Å². The summed E-state index contributed by atoms with van der Waals surface area (Å²) in [6.45, 7) is 0.490. The first-order valence-electron chi connectivity index (χ1n) is 10.5. The van der Waals surface area contributed by atoms with E-state index in [0.717, 1.165) is 11.3 Å². The molecular formula is C27H21N3O2. The van der Waals surface area contributed by atoms with Crippen LogP contribution in [0.2, 0.25) is 0 Å². The Hall–Kier alpha value is -4.30. The van der Waals surface area contributed by atoms with Gasteiger partial charge in [-0.1, -0.05) is 78.6 Å². The Morgan fingerprint density at radius 1 is 0.938 bits per heavy atom. The first-order chi connectivity index (χ1) is 15.8. The molecule has 0 radical (unpaired) electrons. The maximum Gasteiger partial charge on any atom is 0.407 e. The van der Waals surface area contributed by atoms with Crippen LogP contribution in [0, 0.1) is 11.8 Å². The highest BCUT2D eigenvalue weighted by molar-refractivity contribution is 5.79. The van der Waals surface area contributed by atoms with E-state index >= 15 is 0 Å². The molecule has 0 saturated carbocycles. The minimum absolute atomic E-state index is 0.0445. The summed E-state index contributed by atoms with van der Waals surface area (Å²) in [6, 6.07) is 26.4. The smallest absolute Gasteiger partial charge is 0.407 e. The van der Waals surface area contributed by atoms with Crippen molar-refractivity contribution < 1.29 is 9.53 Å². The molecule has 0 bridgehead atoms. The molecule has 5 rings (SSSR count). The highest BCUT2D eigenvalue weighted by Gasteiger charge is 2.28. The van der Waals surface area contributed by atoms with E-state index in [1.165, 1.54) is 22.3 Å². The molecule has 0 aliphatic heterocycles. The number of carbonyl (C=O) groups is 1. The molecule has 1 aromatic heterocycles. The van der Waals surface area contributed by atoms with Gasteiger partial charge in [-0.2, -0.15) is 5.10 Å². The van der Waals surface area contributed by atoms with E-state index in [2.05, 4.69) is 46.5 Å². The molecule has 4 aromatic rings. The third-order valence-electron chi connectivity index (χ3n) is 5.50. The van der Waals surface area contributed by atoms with Gasteiger partial charge in [0.2, 0.25) is 0 Å². The fraction of sp³-hybridized carbons (Fsp3) is 0.111. The molecule has 3 aromatic carbocycles. The molecule has 1 aliphatic rings. The van der Waals surface area contributed by atoms with E-state index in [9.17, 15) is 4.79 Å². The lowest BCUT2D eigenvalue weighted by atomic mass is 9.98. The van der Waals surface area contributed by atoms with Gasteiger partial charge in [0, 0.05) is 12.1 Å². The van der Waals surface area contributed by atoms with Crippen molar-refractivity contribution in [3.8, 4) is 28.7 Å². The molecule has 0 fully saturated rings. The van der Waals surface area contributed by atoms with Crippen molar-refractivity contribution in [2.24, 2.45) is 0 Å². The molecule has 1 N–H and O–H groups in total. The SMILES string of the molecule is O=C(NCC#Cc1cnn(-c2ccccc2)c1)OCC1c2ccccc2-c2ccccc21. The summed E-state index contributed by atoms with van der Waals surface area (Å²) in [5.74, 6) is 6.00. The lowest BCUT2D eigenvalue weighted by Crippen LogP contribution is -2.26. The maximum atomic E-state index is 12.2. The van der Waals surface area contributed by atoms with E-state index in [4.69, 9.17) is 4.74 Å². The Labute approximate surface area is 186 Å². The van der Waals surface area contributed by atoms with Gasteiger partial charge >= 0.3 is 6.09 Å². The first kappa shape index (κ1) is 19.7. The lowest BCUT2D eigenvalue weighted by Gasteiger charge is -2.14. The fourth-order valence-corrected chi connectivity index (χ4v) is 4.02. The minimum atomic E-state index is -0.471. The highest BCUT2D eigenvalue weighted by Crippen LogP contribution is 2.44. The zero-order valence-electron chi connectivity index (χ0n) is 17.4. The molecule has 5 heteroatoms. The predicted molar refractivity (Wildman–Crippen MR) is 124 cm³/mol. The van der Waals surface area contributed by atoms with Crippen LogP contribution in [0.3, 0.4) is 0 Å². The lowest BCUT2D eigenvalue weighted by molar-refractivity contribution is 0.144. The first-order valence-corrected chi connectivity index (χ1v) is 10.5. The molecule has 0 saturated heterocycles. The van der Waals surface area contributed by atoms with E-state index < -0.39 is 6.09 Å². The summed E-state index contributed by atoms with van der Waals surface area (Å²) < 4.78 is 7.29. The van der Waals surface area contributed by atoms with Gasteiger partial charge in [0.15, 0.2) is 0 Å². The summed E-state index contributed by atoms with van der Waals surface area (Å²) in [5.41, 5.74) is 6.55. The van der Waals surface area contributed by atoms with Crippen molar-refractivity contribution in [1.29, 1.82) is 0 Å². The van der Waals surface area contributed by atoms with Crippen LogP contribution in [0.25, 0.3) is 16.8 Å². The Kier molecular flexibility index (Phi) is 5.42. The minimum Gasteiger partial charge on any atom is -0.449 e. The summed E-state index contributed by atoms with van der Waals surface area (Å²) in [5, 5.41) is 7.01. The molecule has 0 spiro atoms. The van der Waals surface area contributed by atoms with Crippen molar-refractivity contribution in [2.45, 2.75) is 5.92 Å². The number of nitrogens with one attached hydrogen (secondary N) is 1.